The molecule has 0 radical (unpaired) electrons. The summed E-state index contributed by atoms with van der Waals surface area (Å²) in [5.41, 5.74) is -0.0725. The molecular weight excluding hydrogens is 304 g/mol. The van der Waals surface area contributed by atoms with E-state index in [-0.39, 0.29) is 23.8 Å². The number of hydrogen-bond donors (Lipinski definition) is 1. The van der Waals surface area contributed by atoms with Crippen molar-refractivity contribution in [3.8, 4) is 0 Å². The number of β-amino-alcohol motifs (C(OH)–C–C–N with tert-alkyl or cyclic N) is 1. The molecule has 1 aliphatic carbocycles. The maximum Gasteiger partial charge on any atom is 0.229 e. The van der Waals surface area contributed by atoms with Gasteiger partial charge < -0.3 is 10.0 Å². The Morgan fingerprint density at radius 3 is 2.21 bits per heavy atom. The largest absolute Gasteiger partial charge is 0.390 e. The number of carbonyl (C=O) groups is 2. The molecule has 0 aromatic rings. The fourth-order valence-corrected chi connectivity index (χ4v) is 4.70. The van der Waals surface area contributed by atoms with Crippen LogP contribution in [0.25, 0.3) is 0 Å². The molecule has 1 spiro atoms. The molecule has 1 saturated carbocycles. The zero-order valence-electron chi connectivity index (χ0n) is 15.0. The normalized spacial score (nSPS) is 27.7. The van der Waals surface area contributed by atoms with E-state index in [1.54, 1.807) is 0 Å². The van der Waals surface area contributed by atoms with Crippen molar-refractivity contribution in [2.24, 2.45) is 11.3 Å². The van der Waals surface area contributed by atoms with Gasteiger partial charge in [0.15, 0.2) is 0 Å². The minimum absolute atomic E-state index is 0.0699. The minimum atomic E-state index is -0.633. The van der Waals surface area contributed by atoms with Crippen LogP contribution in [0.2, 0.25) is 0 Å². The Morgan fingerprint density at radius 1 is 1.04 bits per heavy atom. The summed E-state index contributed by atoms with van der Waals surface area (Å²) in [4.78, 5) is 28.6. The van der Waals surface area contributed by atoms with E-state index in [0.29, 0.717) is 19.4 Å². The average molecular weight is 336 g/mol. The lowest BCUT2D eigenvalue weighted by Gasteiger charge is -2.43. The highest BCUT2D eigenvalue weighted by Crippen LogP contribution is 2.45. The van der Waals surface area contributed by atoms with E-state index in [2.05, 4.69) is 11.8 Å². The Hall–Kier alpha value is -0.940. The SMILES string of the molecule is CC1CCN(CC(O)CN2C(=O)CC3(CCCCC3)CC2=O)CC1. The third kappa shape index (κ3) is 4.17. The fraction of sp³-hybridized carbons (Fsp3) is 0.895. The Morgan fingerprint density at radius 2 is 1.62 bits per heavy atom. The third-order valence-electron chi connectivity index (χ3n) is 6.31. The van der Waals surface area contributed by atoms with Gasteiger partial charge in [-0.15, -0.1) is 0 Å². The highest BCUT2D eigenvalue weighted by molar-refractivity contribution is 5.98. The number of piperidine rings is 2. The molecule has 0 aromatic heterocycles. The van der Waals surface area contributed by atoms with Gasteiger partial charge >= 0.3 is 0 Å². The maximum atomic E-state index is 12.5. The lowest BCUT2D eigenvalue weighted by molar-refractivity contribution is -0.156. The topological polar surface area (TPSA) is 60.9 Å². The van der Waals surface area contributed by atoms with Crippen molar-refractivity contribution in [3.05, 3.63) is 0 Å². The number of nitrogens with zero attached hydrogens (tertiary/aromatic N) is 2. The van der Waals surface area contributed by atoms with E-state index in [4.69, 9.17) is 0 Å². The molecule has 0 aromatic carbocycles. The molecule has 136 valence electrons. The summed E-state index contributed by atoms with van der Waals surface area (Å²) in [5, 5.41) is 10.4. The molecule has 2 aliphatic heterocycles. The van der Waals surface area contributed by atoms with Gasteiger partial charge in [0, 0.05) is 19.4 Å². The molecule has 3 fully saturated rings. The maximum absolute atomic E-state index is 12.5. The van der Waals surface area contributed by atoms with E-state index < -0.39 is 6.10 Å². The predicted molar refractivity (Wildman–Crippen MR) is 92.3 cm³/mol. The van der Waals surface area contributed by atoms with E-state index in [0.717, 1.165) is 57.5 Å². The third-order valence-corrected chi connectivity index (χ3v) is 6.31. The van der Waals surface area contributed by atoms with Gasteiger partial charge in [0.25, 0.3) is 0 Å². The standard InChI is InChI=1S/C19H32N2O3/c1-15-5-9-20(10-6-15)13-16(22)14-21-17(23)11-19(12-18(21)24)7-3-2-4-8-19/h15-16,22H,2-14H2,1H3. The van der Waals surface area contributed by atoms with Crippen molar-refractivity contribution in [2.75, 3.05) is 26.2 Å². The number of hydrogen-bond acceptors (Lipinski definition) is 4. The van der Waals surface area contributed by atoms with E-state index in [9.17, 15) is 14.7 Å². The summed E-state index contributed by atoms with van der Waals surface area (Å²) >= 11 is 0. The molecule has 2 saturated heterocycles. The van der Waals surface area contributed by atoms with Crippen molar-refractivity contribution in [1.82, 2.24) is 9.80 Å². The highest BCUT2D eigenvalue weighted by Gasteiger charge is 2.44. The van der Waals surface area contributed by atoms with Crippen LogP contribution in [0.15, 0.2) is 0 Å². The number of amides is 2. The number of rotatable bonds is 4. The lowest BCUT2D eigenvalue weighted by atomic mass is 9.67. The van der Waals surface area contributed by atoms with Crippen LogP contribution in [0, 0.1) is 11.3 Å². The van der Waals surface area contributed by atoms with E-state index in [1.165, 1.54) is 11.3 Å². The van der Waals surface area contributed by atoms with Crippen LogP contribution in [0.1, 0.15) is 64.7 Å². The summed E-state index contributed by atoms with van der Waals surface area (Å²) in [6.45, 7) is 5.00. The quantitative estimate of drug-likeness (QED) is 0.800. The molecule has 5 heteroatoms. The Bertz CT molecular complexity index is 445. The van der Waals surface area contributed by atoms with Gasteiger partial charge in [-0.1, -0.05) is 26.2 Å². The summed E-state index contributed by atoms with van der Waals surface area (Å²) < 4.78 is 0. The van der Waals surface area contributed by atoms with Crippen molar-refractivity contribution in [1.29, 1.82) is 0 Å². The van der Waals surface area contributed by atoms with Crippen molar-refractivity contribution < 1.29 is 14.7 Å². The lowest BCUT2D eigenvalue weighted by Crippen LogP contribution is -2.52. The molecule has 24 heavy (non-hydrogen) atoms. The second kappa shape index (κ2) is 7.52. The molecule has 1 unspecified atom stereocenters. The molecule has 1 N–H and O–H groups in total. The second-order valence-corrected chi connectivity index (χ2v) is 8.45. The van der Waals surface area contributed by atoms with Gasteiger partial charge in [-0.25, -0.2) is 0 Å². The van der Waals surface area contributed by atoms with Crippen LogP contribution in [0.4, 0.5) is 0 Å². The number of carbonyl (C=O) groups excluding carboxylic acids is 2. The first-order valence-electron chi connectivity index (χ1n) is 9.71. The monoisotopic (exact) mass is 336 g/mol. The van der Waals surface area contributed by atoms with Crippen LogP contribution in [-0.2, 0) is 9.59 Å². The van der Waals surface area contributed by atoms with E-state index >= 15 is 0 Å². The van der Waals surface area contributed by atoms with E-state index in [1.807, 2.05) is 0 Å². The van der Waals surface area contributed by atoms with Crippen LogP contribution >= 0.6 is 0 Å². The van der Waals surface area contributed by atoms with Crippen LogP contribution in [0.5, 0.6) is 0 Å². The van der Waals surface area contributed by atoms with Crippen molar-refractivity contribution >= 4 is 11.8 Å². The molecule has 2 amide bonds. The molecule has 2 heterocycles. The van der Waals surface area contributed by atoms with Crippen molar-refractivity contribution in [2.45, 2.75) is 70.8 Å². The number of imide groups is 1. The molecular formula is C19H32N2O3. The first kappa shape index (κ1) is 17.9. The van der Waals surface area contributed by atoms with Crippen LogP contribution in [-0.4, -0.2) is 59.0 Å². The molecule has 5 nitrogen and oxygen atoms in total. The summed E-state index contributed by atoms with van der Waals surface area (Å²) in [6, 6.07) is 0. The summed E-state index contributed by atoms with van der Waals surface area (Å²) in [7, 11) is 0. The Balaban J connectivity index is 1.51. The second-order valence-electron chi connectivity index (χ2n) is 8.45. The average Bonchev–Trinajstić information content (AvgIpc) is 2.54. The van der Waals surface area contributed by atoms with Crippen molar-refractivity contribution in [3.63, 3.8) is 0 Å². The van der Waals surface area contributed by atoms with Crippen LogP contribution < -0.4 is 0 Å². The predicted octanol–water partition coefficient (Wildman–Crippen LogP) is 2.18. The number of likely N-dealkylation sites (tertiary alicyclic amines) is 2. The van der Waals surface area contributed by atoms with Gasteiger partial charge in [-0.2, -0.15) is 0 Å². The zero-order valence-corrected chi connectivity index (χ0v) is 15.0. The fourth-order valence-electron chi connectivity index (χ4n) is 4.70. The summed E-state index contributed by atoms with van der Waals surface area (Å²) in [5.74, 6) is 0.620. The molecule has 3 rings (SSSR count). The number of aliphatic hydroxyl groups excluding tert-OH is 1. The molecule has 0 bridgehead atoms. The van der Waals surface area contributed by atoms with Gasteiger partial charge in [-0.3, -0.25) is 14.5 Å². The molecule has 3 aliphatic rings. The summed E-state index contributed by atoms with van der Waals surface area (Å²) in [6.07, 6.45) is 8.19. The first-order chi connectivity index (χ1) is 11.5. The van der Waals surface area contributed by atoms with Gasteiger partial charge in [-0.05, 0) is 50.1 Å². The zero-order chi connectivity index (χ0) is 17.2. The van der Waals surface area contributed by atoms with Gasteiger partial charge in [0.1, 0.15) is 0 Å². The smallest absolute Gasteiger partial charge is 0.229 e. The Kier molecular flexibility index (Phi) is 5.60. The number of aliphatic hydroxyl groups is 1. The van der Waals surface area contributed by atoms with Gasteiger partial charge in [0.05, 0.1) is 12.6 Å². The minimum Gasteiger partial charge on any atom is -0.390 e. The van der Waals surface area contributed by atoms with Gasteiger partial charge in [0.2, 0.25) is 11.8 Å². The molecule has 1 atom stereocenters. The Labute approximate surface area is 145 Å². The first-order valence-corrected chi connectivity index (χ1v) is 9.71. The van der Waals surface area contributed by atoms with Crippen LogP contribution in [0.3, 0.4) is 0 Å². The highest BCUT2D eigenvalue weighted by atomic mass is 16.3.